The lowest BCUT2D eigenvalue weighted by Crippen LogP contribution is -2.32. The first-order chi connectivity index (χ1) is 9.96. The maximum atomic E-state index is 11.0. The van der Waals surface area contributed by atoms with Crippen LogP contribution in [0.4, 0.5) is 0 Å². The third-order valence-electron chi connectivity index (χ3n) is 2.92. The quantitative estimate of drug-likeness (QED) is 0.690. The van der Waals surface area contributed by atoms with Gasteiger partial charge in [0, 0.05) is 19.1 Å². The van der Waals surface area contributed by atoms with Crippen molar-refractivity contribution < 1.29 is 8.42 Å². The van der Waals surface area contributed by atoms with Gasteiger partial charge < -0.3 is 5.32 Å². The Kier molecular flexibility index (Phi) is 4.99. The average molecular weight is 310 g/mol. The molecule has 0 saturated carbocycles. The fourth-order valence-electron chi connectivity index (χ4n) is 1.86. The van der Waals surface area contributed by atoms with Gasteiger partial charge in [0.15, 0.2) is 0 Å². The van der Waals surface area contributed by atoms with E-state index >= 15 is 0 Å². The van der Waals surface area contributed by atoms with E-state index in [9.17, 15) is 8.42 Å². The first-order valence-corrected chi connectivity index (χ1v) is 8.36. The summed E-state index contributed by atoms with van der Waals surface area (Å²) in [5.74, 6) is 0. The van der Waals surface area contributed by atoms with Crippen LogP contribution in [0.5, 0.6) is 0 Å². The van der Waals surface area contributed by atoms with Gasteiger partial charge in [-0.25, -0.2) is 17.8 Å². The third-order valence-corrected chi connectivity index (χ3v) is 3.65. The number of nitrogens with zero attached hydrogens (tertiary/aromatic N) is 4. The van der Waals surface area contributed by atoms with Crippen molar-refractivity contribution in [2.24, 2.45) is 0 Å². The molecule has 9 heteroatoms. The van der Waals surface area contributed by atoms with Crippen molar-refractivity contribution in [1.82, 2.24) is 30.2 Å². The van der Waals surface area contributed by atoms with Crippen LogP contribution in [0.15, 0.2) is 30.6 Å². The number of rotatable bonds is 7. The Labute approximate surface area is 123 Å². The molecule has 1 atom stereocenters. The van der Waals surface area contributed by atoms with Gasteiger partial charge >= 0.3 is 0 Å². The summed E-state index contributed by atoms with van der Waals surface area (Å²) in [4.78, 5) is 0. The average Bonchev–Trinajstić information content (AvgIpc) is 2.96. The number of hydrogen-bond acceptors (Lipinski definition) is 6. The highest BCUT2D eigenvalue weighted by Gasteiger charge is 2.07. The van der Waals surface area contributed by atoms with E-state index in [-0.39, 0.29) is 6.04 Å². The van der Waals surface area contributed by atoms with Crippen LogP contribution in [-0.4, -0.2) is 48.0 Å². The molecule has 1 aromatic carbocycles. The first kappa shape index (κ1) is 15.5. The molecular weight excluding hydrogens is 292 g/mol. The molecule has 114 valence electrons. The van der Waals surface area contributed by atoms with Crippen molar-refractivity contribution in [2.45, 2.75) is 13.0 Å². The molecule has 1 heterocycles. The van der Waals surface area contributed by atoms with Crippen LogP contribution in [0.3, 0.4) is 0 Å². The zero-order chi connectivity index (χ0) is 15.3. The van der Waals surface area contributed by atoms with E-state index in [1.807, 2.05) is 31.2 Å². The predicted molar refractivity (Wildman–Crippen MR) is 78.4 cm³/mol. The molecule has 8 nitrogen and oxygen atoms in total. The zero-order valence-electron chi connectivity index (χ0n) is 11.9. The van der Waals surface area contributed by atoms with Gasteiger partial charge in [-0.1, -0.05) is 12.1 Å². The first-order valence-electron chi connectivity index (χ1n) is 6.47. The molecule has 0 aliphatic rings. The highest BCUT2D eigenvalue weighted by molar-refractivity contribution is 7.88. The number of tetrazole rings is 1. The molecule has 0 spiro atoms. The van der Waals surface area contributed by atoms with Crippen LogP contribution in [0.25, 0.3) is 5.69 Å². The molecular formula is C12H18N6O2S. The Morgan fingerprint density at radius 2 is 2.14 bits per heavy atom. The maximum Gasteiger partial charge on any atom is 0.208 e. The molecule has 0 amide bonds. The van der Waals surface area contributed by atoms with Gasteiger partial charge in [-0.05, 0) is 35.0 Å². The second kappa shape index (κ2) is 6.74. The summed E-state index contributed by atoms with van der Waals surface area (Å²) >= 11 is 0. The molecule has 1 aromatic heterocycles. The lowest BCUT2D eigenvalue weighted by Gasteiger charge is -2.15. The molecule has 0 fully saturated rings. The van der Waals surface area contributed by atoms with Gasteiger partial charge in [-0.15, -0.1) is 5.10 Å². The van der Waals surface area contributed by atoms with E-state index in [1.54, 1.807) is 4.68 Å². The van der Waals surface area contributed by atoms with Gasteiger partial charge in [-0.3, -0.25) is 0 Å². The molecule has 2 rings (SSSR count). The van der Waals surface area contributed by atoms with E-state index in [2.05, 4.69) is 25.6 Å². The van der Waals surface area contributed by atoms with E-state index in [4.69, 9.17) is 0 Å². The van der Waals surface area contributed by atoms with Gasteiger partial charge in [0.05, 0.1) is 11.9 Å². The largest absolute Gasteiger partial charge is 0.309 e. The van der Waals surface area contributed by atoms with Crippen LogP contribution < -0.4 is 10.0 Å². The number of nitrogens with one attached hydrogen (secondary N) is 2. The molecule has 0 saturated heterocycles. The molecule has 2 N–H and O–H groups in total. The summed E-state index contributed by atoms with van der Waals surface area (Å²) in [6.45, 7) is 2.92. The Morgan fingerprint density at radius 1 is 1.33 bits per heavy atom. The van der Waals surface area contributed by atoms with Crippen LogP contribution >= 0.6 is 0 Å². The van der Waals surface area contributed by atoms with Crippen LogP contribution in [0.1, 0.15) is 18.5 Å². The fraction of sp³-hybridized carbons (Fsp3) is 0.417. The Balaban J connectivity index is 1.93. The number of aromatic nitrogens is 4. The van der Waals surface area contributed by atoms with Crippen molar-refractivity contribution in [1.29, 1.82) is 0 Å². The highest BCUT2D eigenvalue weighted by Crippen LogP contribution is 2.15. The Morgan fingerprint density at radius 3 is 2.81 bits per heavy atom. The molecule has 0 aliphatic carbocycles. The van der Waals surface area contributed by atoms with Crippen molar-refractivity contribution in [3.63, 3.8) is 0 Å². The topological polar surface area (TPSA) is 102 Å². The van der Waals surface area contributed by atoms with Gasteiger partial charge in [0.25, 0.3) is 0 Å². The number of sulfonamides is 1. The maximum absolute atomic E-state index is 11.0. The normalized spacial score (nSPS) is 13.2. The van der Waals surface area contributed by atoms with Crippen molar-refractivity contribution >= 4 is 10.0 Å². The molecule has 0 bridgehead atoms. The Bertz CT molecular complexity index is 671. The lowest BCUT2D eigenvalue weighted by atomic mass is 10.1. The molecule has 0 radical (unpaired) electrons. The van der Waals surface area contributed by atoms with E-state index in [0.29, 0.717) is 13.1 Å². The standard InChI is InChI=1S/C12H18N6O2S/c1-10(13-6-7-15-21(2,19)20)11-4-3-5-12(8-11)18-9-14-16-17-18/h3-5,8-10,13,15H,6-7H2,1-2H3. The Hall–Kier alpha value is -1.84. The zero-order valence-corrected chi connectivity index (χ0v) is 12.7. The van der Waals surface area contributed by atoms with Crippen molar-refractivity contribution in [3.05, 3.63) is 36.2 Å². The van der Waals surface area contributed by atoms with Crippen molar-refractivity contribution in [2.75, 3.05) is 19.3 Å². The number of benzene rings is 1. The molecule has 1 unspecified atom stereocenters. The minimum absolute atomic E-state index is 0.0859. The number of hydrogen-bond donors (Lipinski definition) is 2. The summed E-state index contributed by atoms with van der Waals surface area (Å²) in [6, 6.07) is 7.91. The van der Waals surface area contributed by atoms with Crippen LogP contribution in [-0.2, 0) is 10.0 Å². The molecule has 2 aromatic rings. The highest BCUT2D eigenvalue weighted by atomic mass is 32.2. The second-order valence-corrected chi connectivity index (χ2v) is 6.52. The van der Waals surface area contributed by atoms with Gasteiger partial charge in [-0.2, -0.15) is 0 Å². The predicted octanol–water partition coefficient (Wildman–Crippen LogP) is -0.138. The fourth-order valence-corrected chi connectivity index (χ4v) is 2.33. The summed E-state index contributed by atoms with van der Waals surface area (Å²) in [5, 5.41) is 14.3. The van der Waals surface area contributed by atoms with Crippen molar-refractivity contribution in [3.8, 4) is 5.69 Å². The molecule has 21 heavy (non-hydrogen) atoms. The SMILES string of the molecule is CC(NCCNS(C)(=O)=O)c1cccc(-n2cnnn2)c1. The molecule has 0 aliphatic heterocycles. The summed E-state index contributed by atoms with van der Waals surface area (Å²) in [5.41, 5.74) is 1.95. The third kappa shape index (κ3) is 4.88. The minimum Gasteiger partial charge on any atom is -0.309 e. The minimum atomic E-state index is -3.14. The monoisotopic (exact) mass is 310 g/mol. The van der Waals surface area contributed by atoms with Crippen LogP contribution in [0, 0.1) is 0 Å². The van der Waals surface area contributed by atoms with Crippen LogP contribution in [0.2, 0.25) is 0 Å². The van der Waals surface area contributed by atoms with E-state index < -0.39 is 10.0 Å². The van der Waals surface area contributed by atoms with E-state index in [0.717, 1.165) is 17.5 Å². The van der Waals surface area contributed by atoms with Gasteiger partial charge in [0.2, 0.25) is 10.0 Å². The van der Waals surface area contributed by atoms with Gasteiger partial charge in [0.1, 0.15) is 6.33 Å². The lowest BCUT2D eigenvalue weighted by molar-refractivity contribution is 0.556. The summed E-state index contributed by atoms with van der Waals surface area (Å²) in [7, 11) is -3.14. The summed E-state index contributed by atoms with van der Waals surface area (Å²) in [6.07, 6.45) is 2.68. The summed E-state index contributed by atoms with van der Waals surface area (Å²) < 4.78 is 25.9. The van der Waals surface area contributed by atoms with E-state index in [1.165, 1.54) is 6.33 Å². The smallest absolute Gasteiger partial charge is 0.208 e. The second-order valence-electron chi connectivity index (χ2n) is 4.69.